The predicted molar refractivity (Wildman–Crippen MR) is 132 cm³/mol. The second-order valence-electron chi connectivity index (χ2n) is 7.25. The van der Waals surface area contributed by atoms with Crippen LogP contribution in [0.4, 0.5) is 11.5 Å². The Bertz CT molecular complexity index is 1060. The van der Waals surface area contributed by atoms with Gasteiger partial charge in [-0.15, -0.1) is 0 Å². The fourth-order valence-electron chi connectivity index (χ4n) is 3.21. The molecule has 0 bridgehead atoms. The number of methoxy groups -OCH3 is 3. The van der Waals surface area contributed by atoms with E-state index in [0.717, 1.165) is 23.0 Å². The summed E-state index contributed by atoms with van der Waals surface area (Å²) >= 11 is 1.36. The minimum Gasteiger partial charge on any atom is -0.497 e. The van der Waals surface area contributed by atoms with Crippen LogP contribution in [0.5, 0.6) is 11.5 Å². The highest BCUT2D eigenvalue weighted by molar-refractivity contribution is 8.00. The van der Waals surface area contributed by atoms with E-state index in [2.05, 4.69) is 15.6 Å². The van der Waals surface area contributed by atoms with Gasteiger partial charge in [0.1, 0.15) is 17.3 Å². The fourth-order valence-corrected chi connectivity index (χ4v) is 4.12. The largest absolute Gasteiger partial charge is 0.497 e. The van der Waals surface area contributed by atoms with Gasteiger partial charge in [-0.05, 0) is 25.0 Å². The van der Waals surface area contributed by atoms with Crippen LogP contribution in [0, 0.1) is 0 Å². The minimum absolute atomic E-state index is 0.0256. The highest BCUT2D eigenvalue weighted by atomic mass is 32.2. The first-order valence-electron chi connectivity index (χ1n) is 10.8. The van der Waals surface area contributed by atoms with Crippen LogP contribution >= 0.6 is 11.8 Å². The Balaban J connectivity index is 1.87. The van der Waals surface area contributed by atoms with E-state index in [0.29, 0.717) is 42.0 Å². The van der Waals surface area contributed by atoms with Crippen LogP contribution in [0.1, 0.15) is 19.8 Å². The number of carbonyl (C=O) groups excluding carboxylic acids is 1. The van der Waals surface area contributed by atoms with Crippen molar-refractivity contribution >= 4 is 40.1 Å². The van der Waals surface area contributed by atoms with Gasteiger partial charge in [-0.25, -0.2) is 9.97 Å². The number of aromatic nitrogens is 2. The fraction of sp³-hybridized carbons (Fsp3) is 0.375. The Kier molecular flexibility index (Phi) is 9.14. The van der Waals surface area contributed by atoms with E-state index < -0.39 is 0 Å². The molecule has 9 heteroatoms. The molecule has 0 unspecified atom stereocenters. The van der Waals surface area contributed by atoms with E-state index in [-0.39, 0.29) is 11.2 Å². The third-order valence-electron chi connectivity index (χ3n) is 4.93. The predicted octanol–water partition coefficient (Wildman–Crippen LogP) is 4.41. The van der Waals surface area contributed by atoms with Crippen molar-refractivity contribution in [3.8, 4) is 11.5 Å². The summed E-state index contributed by atoms with van der Waals surface area (Å²) in [4.78, 5) is 22.1. The van der Waals surface area contributed by atoms with Gasteiger partial charge in [0, 0.05) is 49.5 Å². The van der Waals surface area contributed by atoms with Gasteiger partial charge in [0.2, 0.25) is 5.91 Å². The number of nitrogens with one attached hydrogen (secondary N) is 2. The number of anilines is 2. The van der Waals surface area contributed by atoms with Gasteiger partial charge in [0.15, 0.2) is 5.16 Å². The number of thioether (sulfide) groups is 1. The molecule has 176 valence electrons. The maximum absolute atomic E-state index is 12.7. The molecule has 33 heavy (non-hydrogen) atoms. The summed E-state index contributed by atoms with van der Waals surface area (Å²) in [7, 11) is 4.87. The number of hydrogen-bond acceptors (Lipinski definition) is 8. The van der Waals surface area contributed by atoms with Crippen LogP contribution in [-0.2, 0) is 9.53 Å². The topological polar surface area (TPSA) is 94.6 Å². The van der Waals surface area contributed by atoms with Crippen molar-refractivity contribution < 1.29 is 19.0 Å². The molecule has 3 aromatic rings. The molecule has 0 aliphatic heterocycles. The van der Waals surface area contributed by atoms with Crippen LogP contribution < -0.4 is 20.1 Å². The van der Waals surface area contributed by atoms with Crippen molar-refractivity contribution in [2.24, 2.45) is 0 Å². The van der Waals surface area contributed by atoms with Crippen molar-refractivity contribution in [1.82, 2.24) is 15.3 Å². The van der Waals surface area contributed by atoms with E-state index in [1.54, 1.807) is 21.3 Å². The third kappa shape index (κ3) is 6.72. The molecule has 0 radical (unpaired) electrons. The van der Waals surface area contributed by atoms with Crippen LogP contribution in [0.2, 0.25) is 0 Å². The second-order valence-corrected chi connectivity index (χ2v) is 8.42. The van der Waals surface area contributed by atoms with Crippen molar-refractivity contribution in [2.45, 2.75) is 30.2 Å². The summed E-state index contributed by atoms with van der Waals surface area (Å²) in [6, 6.07) is 13.3. The molecule has 0 aliphatic carbocycles. The molecule has 1 heterocycles. The first-order valence-corrected chi connectivity index (χ1v) is 11.7. The number of benzene rings is 2. The van der Waals surface area contributed by atoms with Crippen molar-refractivity contribution in [3.05, 3.63) is 42.5 Å². The molecular weight excluding hydrogens is 440 g/mol. The quantitative estimate of drug-likeness (QED) is 0.228. The number of ether oxygens (including phenoxy) is 3. The van der Waals surface area contributed by atoms with Gasteiger partial charge in [0.25, 0.3) is 0 Å². The zero-order valence-corrected chi connectivity index (χ0v) is 20.2. The van der Waals surface area contributed by atoms with Gasteiger partial charge in [-0.3, -0.25) is 4.79 Å². The zero-order chi connectivity index (χ0) is 23.6. The first-order chi connectivity index (χ1) is 16.1. The Morgan fingerprint density at radius 1 is 1.06 bits per heavy atom. The number of amides is 1. The van der Waals surface area contributed by atoms with Gasteiger partial charge >= 0.3 is 0 Å². The van der Waals surface area contributed by atoms with Crippen LogP contribution in [0.3, 0.4) is 0 Å². The molecular formula is C24H30N4O4S. The van der Waals surface area contributed by atoms with E-state index in [4.69, 9.17) is 19.2 Å². The molecule has 0 aliphatic rings. The third-order valence-corrected chi connectivity index (χ3v) is 6.16. The van der Waals surface area contributed by atoms with Gasteiger partial charge in [-0.1, -0.05) is 30.8 Å². The SMILES string of the molecule is CC[C@H](Sc1nc(Nc2cc(OC)cc(OC)c2)c2ccccc2n1)C(=O)NCCCOC. The van der Waals surface area contributed by atoms with E-state index in [9.17, 15) is 4.79 Å². The first kappa shape index (κ1) is 24.6. The summed E-state index contributed by atoms with van der Waals surface area (Å²) in [5.74, 6) is 1.96. The Hall–Kier alpha value is -3.04. The number of para-hydroxylation sites is 1. The number of carbonyl (C=O) groups is 1. The Morgan fingerprint density at radius 2 is 1.79 bits per heavy atom. The van der Waals surface area contributed by atoms with Crippen molar-refractivity contribution in [3.63, 3.8) is 0 Å². The van der Waals surface area contributed by atoms with E-state index >= 15 is 0 Å². The minimum atomic E-state index is -0.293. The smallest absolute Gasteiger partial charge is 0.233 e. The average Bonchev–Trinajstić information content (AvgIpc) is 2.84. The number of nitrogens with zero attached hydrogens (tertiary/aromatic N) is 2. The molecule has 1 atom stereocenters. The van der Waals surface area contributed by atoms with Gasteiger partial charge in [-0.2, -0.15) is 0 Å². The highest BCUT2D eigenvalue weighted by Gasteiger charge is 2.20. The van der Waals surface area contributed by atoms with Crippen LogP contribution in [0.15, 0.2) is 47.6 Å². The molecule has 8 nitrogen and oxygen atoms in total. The lowest BCUT2D eigenvalue weighted by atomic mass is 10.2. The van der Waals surface area contributed by atoms with Crippen molar-refractivity contribution in [1.29, 1.82) is 0 Å². The Morgan fingerprint density at radius 3 is 2.45 bits per heavy atom. The molecule has 3 rings (SSSR count). The maximum Gasteiger partial charge on any atom is 0.233 e. The van der Waals surface area contributed by atoms with Gasteiger partial charge in [0.05, 0.1) is 25.0 Å². The molecule has 2 N–H and O–H groups in total. The lowest BCUT2D eigenvalue weighted by Crippen LogP contribution is -2.33. The van der Waals surface area contributed by atoms with Crippen LogP contribution in [0.25, 0.3) is 10.9 Å². The lowest BCUT2D eigenvalue weighted by Gasteiger charge is -2.16. The summed E-state index contributed by atoms with van der Waals surface area (Å²) in [6.45, 7) is 3.17. The highest BCUT2D eigenvalue weighted by Crippen LogP contribution is 2.32. The summed E-state index contributed by atoms with van der Waals surface area (Å²) in [5.41, 5.74) is 1.57. The molecule has 0 saturated carbocycles. The number of rotatable bonds is 12. The van der Waals surface area contributed by atoms with Crippen LogP contribution in [-0.4, -0.2) is 55.6 Å². The zero-order valence-electron chi connectivity index (χ0n) is 19.4. The standard InChI is InChI=1S/C24H30N4O4S/c1-5-21(23(29)25-11-8-12-30-2)33-24-27-20-10-7-6-9-19(20)22(28-24)26-16-13-17(31-3)15-18(14-16)32-4/h6-7,9-10,13-15,21H,5,8,11-12H2,1-4H3,(H,25,29)(H,26,27,28)/t21-/m0/s1. The van der Waals surface area contributed by atoms with E-state index in [1.807, 2.05) is 49.4 Å². The summed E-state index contributed by atoms with van der Waals surface area (Å²) < 4.78 is 15.8. The Labute approximate surface area is 198 Å². The van der Waals surface area contributed by atoms with E-state index in [1.165, 1.54) is 11.8 Å². The van der Waals surface area contributed by atoms with Gasteiger partial charge < -0.3 is 24.8 Å². The molecule has 0 fully saturated rings. The van der Waals surface area contributed by atoms with Crippen molar-refractivity contribution in [2.75, 3.05) is 39.8 Å². The second kappa shape index (κ2) is 12.3. The molecule has 0 saturated heterocycles. The molecule has 0 spiro atoms. The number of hydrogen-bond donors (Lipinski definition) is 2. The summed E-state index contributed by atoms with van der Waals surface area (Å²) in [6.07, 6.45) is 1.43. The normalized spacial score (nSPS) is 11.8. The maximum atomic E-state index is 12.7. The lowest BCUT2D eigenvalue weighted by molar-refractivity contribution is -0.120. The average molecular weight is 471 g/mol. The molecule has 2 aromatic carbocycles. The molecule has 1 aromatic heterocycles. The summed E-state index contributed by atoms with van der Waals surface area (Å²) in [5, 5.41) is 7.45. The number of fused-ring (bicyclic) bond motifs is 1. The monoisotopic (exact) mass is 470 g/mol. The molecule has 1 amide bonds.